The molecule has 1 unspecified atom stereocenters. The van der Waals surface area contributed by atoms with Gasteiger partial charge < -0.3 is 19.1 Å². The topological polar surface area (TPSA) is 71.5 Å². The van der Waals surface area contributed by atoms with Crippen molar-refractivity contribution in [3.8, 4) is 0 Å². The van der Waals surface area contributed by atoms with Crippen molar-refractivity contribution in [1.29, 1.82) is 0 Å². The molecule has 0 bridgehead atoms. The number of fused-ring (bicyclic) bond motifs is 1. The van der Waals surface area contributed by atoms with Gasteiger partial charge in [-0.25, -0.2) is 4.98 Å². The van der Waals surface area contributed by atoms with Crippen molar-refractivity contribution < 1.29 is 13.6 Å². The number of hydrogen-bond donors (Lipinski definition) is 1. The normalized spacial score (nSPS) is 19.7. The van der Waals surface area contributed by atoms with Crippen LogP contribution < -0.4 is 10.2 Å². The first-order valence-electron chi connectivity index (χ1n) is 5.74. The third-order valence-corrected chi connectivity index (χ3v) is 3.13. The molecular formula is C12H13N3O3. The number of nitrogens with one attached hydrogen (secondary N) is 1. The molecule has 0 aromatic carbocycles. The van der Waals surface area contributed by atoms with Gasteiger partial charge in [0.05, 0.1) is 17.6 Å². The molecule has 2 aromatic rings. The number of rotatable bonds is 2. The van der Waals surface area contributed by atoms with Crippen molar-refractivity contribution in [2.24, 2.45) is 0 Å². The van der Waals surface area contributed by atoms with Crippen molar-refractivity contribution in [3.63, 3.8) is 0 Å². The van der Waals surface area contributed by atoms with Crippen LogP contribution in [0.5, 0.6) is 0 Å². The van der Waals surface area contributed by atoms with Gasteiger partial charge in [0.1, 0.15) is 12.3 Å². The average molecular weight is 247 g/mol. The molecule has 0 saturated heterocycles. The van der Waals surface area contributed by atoms with Gasteiger partial charge in [0.25, 0.3) is 5.91 Å². The highest BCUT2D eigenvalue weighted by atomic mass is 16.3. The van der Waals surface area contributed by atoms with Crippen LogP contribution in [-0.4, -0.2) is 24.5 Å². The van der Waals surface area contributed by atoms with E-state index in [2.05, 4.69) is 10.3 Å². The minimum atomic E-state index is -0.500. The van der Waals surface area contributed by atoms with Crippen molar-refractivity contribution in [2.75, 3.05) is 18.5 Å². The summed E-state index contributed by atoms with van der Waals surface area (Å²) in [4.78, 5) is 18.3. The molecule has 1 N–H and O–H groups in total. The molecule has 0 radical (unpaired) electrons. The van der Waals surface area contributed by atoms with Gasteiger partial charge >= 0.3 is 0 Å². The first-order chi connectivity index (χ1) is 8.81. The summed E-state index contributed by atoms with van der Waals surface area (Å²) in [7, 11) is 1.73. The molecule has 0 saturated carbocycles. The van der Waals surface area contributed by atoms with Crippen LogP contribution in [0.4, 0.5) is 5.69 Å². The third-order valence-electron chi connectivity index (χ3n) is 3.13. The van der Waals surface area contributed by atoms with Gasteiger partial charge in [-0.15, -0.1) is 0 Å². The number of oxazole rings is 1. The summed E-state index contributed by atoms with van der Waals surface area (Å²) in [5.74, 6) is 0.544. The van der Waals surface area contributed by atoms with E-state index in [-0.39, 0.29) is 5.91 Å². The standard InChI is InChI=1S/C12H13N3O3/c1-13-10-11-9(14-7-18-11)2-4-15(12(10)16)8-3-5-17-6-8/h3,5-7,10,13H,2,4H2,1H3. The van der Waals surface area contributed by atoms with E-state index in [1.807, 2.05) is 0 Å². The minimum Gasteiger partial charge on any atom is -0.470 e. The highest BCUT2D eigenvalue weighted by Gasteiger charge is 2.34. The second-order valence-electron chi connectivity index (χ2n) is 4.11. The number of carbonyl (C=O) groups excluding carboxylic acids is 1. The molecule has 1 aliphatic heterocycles. The lowest BCUT2D eigenvalue weighted by atomic mass is 10.1. The zero-order valence-corrected chi connectivity index (χ0v) is 9.92. The molecule has 6 nitrogen and oxygen atoms in total. The van der Waals surface area contributed by atoms with E-state index in [0.29, 0.717) is 18.7 Å². The van der Waals surface area contributed by atoms with Crippen LogP contribution in [0.15, 0.2) is 33.8 Å². The Kier molecular flexibility index (Phi) is 2.64. The van der Waals surface area contributed by atoms with Crippen LogP contribution in [0.1, 0.15) is 17.5 Å². The average Bonchev–Trinajstić information content (AvgIpc) is 3.01. The quantitative estimate of drug-likeness (QED) is 0.861. The maximum absolute atomic E-state index is 12.5. The van der Waals surface area contributed by atoms with Crippen LogP contribution in [0.25, 0.3) is 0 Å². The molecule has 0 fully saturated rings. The molecule has 18 heavy (non-hydrogen) atoms. The summed E-state index contributed by atoms with van der Waals surface area (Å²) in [6.07, 6.45) is 5.17. The number of nitrogens with zero attached hydrogens (tertiary/aromatic N) is 2. The second kappa shape index (κ2) is 4.30. The summed E-state index contributed by atoms with van der Waals surface area (Å²) in [6.45, 7) is 0.566. The van der Waals surface area contributed by atoms with E-state index >= 15 is 0 Å². The van der Waals surface area contributed by atoms with Gasteiger partial charge in [0.2, 0.25) is 0 Å². The first kappa shape index (κ1) is 11.0. The number of furan rings is 1. The molecule has 6 heteroatoms. The van der Waals surface area contributed by atoms with Gasteiger partial charge in [0.15, 0.2) is 12.2 Å². The van der Waals surface area contributed by atoms with Crippen LogP contribution in [-0.2, 0) is 11.2 Å². The van der Waals surface area contributed by atoms with Crippen molar-refractivity contribution >= 4 is 11.6 Å². The Morgan fingerprint density at radius 3 is 3.17 bits per heavy atom. The lowest BCUT2D eigenvalue weighted by molar-refractivity contribution is -0.120. The van der Waals surface area contributed by atoms with Crippen LogP contribution >= 0.6 is 0 Å². The van der Waals surface area contributed by atoms with Gasteiger partial charge in [0, 0.05) is 19.0 Å². The van der Waals surface area contributed by atoms with Crippen molar-refractivity contribution in [1.82, 2.24) is 10.3 Å². The molecule has 1 aliphatic rings. The van der Waals surface area contributed by atoms with Crippen LogP contribution in [0, 0.1) is 0 Å². The summed E-state index contributed by atoms with van der Waals surface area (Å²) >= 11 is 0. The Bertz CT molecular complexity index is 547. The SMILES string of the molecule is CNC1C(=O)N(c2ccoc2)CCc2ncoc21. The number of aromatic nitrogens is 1. The molecule has 3 rings (SSSR count). The number of hydrogen-bond acceptors (Lipinski definition) is 5. The highest BCUT2D eigenvalue weighted by Crippen LogP contribution is 2.27. The first-order valence-corrected chi connectivity index (χ1v) is 5.74. The monoisotopic (exact) mass is 247 g/mol. The fraction of sp³-hybridized carbons (Fsp3) is 0.333. The predicted molar refractivity (Wildman–Crippen MR) is 63.1 cm³/mol. The maximum Gasteiger partial charge on any atom is 0.252 e. The zero-order chi connectivity index (χ0) is 12.5. The molecule has 3 heterocycles. The van der Waals surface area contributed by atoms with Gasteiger partial charge in [-0.05, 0) is 7.05 Å². The maximum atomic E-state index is 12.5. The zero-order valence-electron chi connectivity index (χ0n) is 9.92. The van der Waals surface area contributed by atoms with Gasteiger partial charge in [-0.3, -0.25) is 4.79 Å². The van der Waals surface area contributed by atoms with E-state index in [0.717, 1.165) is 11.4 Å². The molecule has 0 aliphatic carbocycles. The fourth-order valence-corrected chi connectivity index (χ4v) is 2.22. The van der Waals surface area contributed by atoms with Crippen molar-refractivity contribution in [2.45, 2.75) is 12.5 Å². The lowest BCUT2D eigenvalue weighted by Crippen LogP contribution is -2.38. The smallest absolute Gasteiger partial charge is 0.252 e. The van der Waals surface area contributed by atoms with Crippen LogP contribution in [0.2, 0.25) is 0 Å². The van der Waals surface area contributed by atoms with Gasteiger partial charge in [-0.1, -0.05) is 0 Å². The fourth-order valence-electron chi connectivity index (χ4n) is 2.22. The Morgan fingerprint density at radius 2 is 2.44 bits per heavy atom. The molecular weight excluding hydrogens is 234 g/mol. The summed E-state index contributed by atoms with van der Waals surface area (Å²) in [5.41, 5.74) is 1.58. The lowest BCUT2D eigenvalue weighted by Gasteiger charge is -2.21. The summed E-state index contributed by atoms with van der Waals surface area (Å²) in [6, 6.07) is 1.27. The Balaban J connectivity index is 1.99. The number of likely N-dealkylation sites (N-methyl/N-ethyl adjacent to an activating group) is 1. The van der Waals surface area contributed by atoms with E-state index in [1.165, 1.54) is 6.39 Å². The van der Waals surface area contributed by atoms with E-state index < -0.39 is 6.04 Å². The largest absolute Gasteiger partial charge is 0.470 e. The molecule has 94 valence electrons. The third kappa shape index (κ3) is 1.62. The van der Waals surface area contributed by atoms with Crippen LogP contribution in [0.3, 0.4) is 0 Å². The Hall–Kier alpha value is -2.08. The molecule has 1 atom stereocenters. The second-order valence-corrected chi connectivity index (χ2v) is 4.11. The number of carbonyl (C=O) groups is 1. The van der Waals surface area contributed by atoms with Gasteiger partial charge in [-0.2, -0.15) is 0 Å². The number of anilines is 1. The molecule has 0 spiro atoms. The summed E-state index contributed by atoms with van der Waals surface area (Å²) < 4.78 is 10.4. The molecule has 2 aromatic heterocycles. The Morgan fingerprint density at radius 1 is 1.56 bits per heavy atom. The predicted octanol–water partition coefficient (Wildman–Crippen LogP) is 1.12. The highest BCUT2D eigenvalue weighted by molar-refractivity contribution is 5.97. The van der Waals surface area contributed by atoms with E-state index in [1.54, 1.807) is 30.5 Å². The minimum absolute atomic E-state index is 0.0607. The summed E-state index contributed by atoms with van der Waals surface area (Å²) in [5, 5.41) is 2.97. The van der Waals surface area contributed by atoms with E-state index in [9.17, 15) is 4.79 Å². The Labute approximate surface area is 104 Å². The van der Waals surface area contributed by atoms with Crippen molar-refractivity contribution in [3.05, 3.63) is 36.4 Å². The van der Waals surface area contributed by atoms with E-state index in [4.69, 9.17) is 8.83 Å². The molecule has 1 amide bonds. The number of amides is 1.